The maximum atomic E-state index is 12.3. The second-order valence-corrected chi connectivity index (χ2v) is 4.83. The lowest BCUT2D eigenvalue weighted by molar-refractivity contribution is -0.124. The average Bonchev–Trinajstić information content (AvgIpc) is 2.96. The first-order valence-corrected chi connectivity index (χ1v) is 6.89. The minimum Gasteiger partial charge on any atom is -0.446 e. The summed E-state index contributed by atoms with van der Waals surface area (Å²) < 4.78 is 5.03. The van der Waals surface area contributed by atoms with Gasteiger partial charge in [0, 0.05) is 18.5 Å². The molecule has 0 unspecified atom stereocenters. The van der Waals surface area contributed by atoms with Gasteiger partial charge < -0.3 is 4.74 Å². The Balaban J connectivity index is 1.80. The summed E-state index contributed by atoms with van der Waals surface area (Å²) in [5.41, 5.74) is 1.71. The minimum atomic E-state index is -0.613. The van der Waals surface area contributed by atoms with Gasteiger partial charge >= 0.3 is 6.09 Å². The molecule has 2 amide bonds. The maximum Gasteiger partial charge on any atom is 0.417 e. The third kappa shape index (κ3) is 2.88. The second kappa shape index (κ2) is 6.22. The van der Waals surface area contributed by atoms with E-state index in [-0.39, 0.29) is 12.6 Å². The van der Waals surface area contributed by atoms with Crippen LogP contribution in [0.15, 0.2) is 60.9 Å². The van der Waals surface area contributed by atoms with Gasteiger partial charge in [-0.3, -0.25) is 9.78 Å². The van der Waals surface area contributed by atoms with E-state index in [0.717, 1.165) is 16.0 Å². The standard InChI is InChI=1S/C17H14N2O3/c20-16(7-6-13-8-10-18-11-9-13)19-15(12-22-17(19)21)14-4-2-1-3-5-14/h1-11,15H,12H2/b7-6+/t15-/m1/s1. The summed E-state index contributed by atoms with van der Waals surface area (Å²) in [6, 6.07) is 12.5. The highest BCUT2D eigenvalue weighted by atomic mass is 16.6. The van der Waals surface area contributed by atoms with Gasteiger partial charge in [-0.2, -0.15) is 0 Å². The summed E-state index contributed by atoms with van der Waals surface area (Å²) in [6.07, 6.45) is 5.69. The van der Waals surface area contributed by atoms with Gasteiger partial charge in [0.1, 0.15) is 12.6 Å². The molecule has 1 atom stereocenters. The largest absolute Gasteiger partial charge is 0.446 e. The Kier molecular flexibility index (Phi) is 3.96. The molecule has 0 bridgehead atoms. The molecular formula is C17H14N2O3. The molecule has 2 aromatic rings. The summed E-state index contributed by atoms with van der Waals surface area (Å²) >= 11 is 0. The van der Waals surface area contributed by atoms with Gasteiger partial charge in [-0.15, -0.1) is 0 Å². The molecule has 0 N–H and O–H groups in total. The average molecular weight is 294 g/mol. The number of carbonyl (C=O) groups is 2. The first-order valence-electron chi connectivity index (χ1n) is 6.89. The van der Waals surface area contributed by atoms with Gasteiger partial charge in [0.15, 0.2) is 0 Å². The predicted octanol–water partition coefficient (Wildman–Crippen LogP) is 2.81. The highest BCUT2D eigenvalue weighted by Gasteiger charge is 2.37. The number of hydrogen-bond acceptors (Lipinski definition) is 4. The first-order chi connectivity index (χ1) is 10.8. The van der Waals surface area contributed by atoms with Gasteiger partial charge in [-0.05, 0) is 29.3 Å². The fourth-order valence-corrected chi connectivity index (χ4v) is 2.31. The molecule has 1 fully saturated rings. The number of rotatable bonds is 3. The Hall–Kier alpha value is -2.95. The van der Waals surface area contributed by atoms with Crippen LogP contribution in [0.25, 0.3) is 6.08 Å². The van der Waals surface area contributed by atoms with Crippen molar-refractivity contribution in [2.75, 3.05) is 6.61 Å². The molecule has 2 heterocycles. The van der Waals surface area contributed by atoms with Crippen LogP contribution >= 0.6 is 0 Å². The Bertz CT molecular complexity index is 698. The zero-order valence-corrected chi connectivity index (χ0v) is 11.8. The van der Waals surface area contributed by atoms with E-state index in [1.165, 1.54) is 6.08 Å². The number of amides is 2. The van der Waals surface area contributed by atoms with Crippen LogP contribution in [0.5, 0.6) is 0 Å². The van der Waals surface area contributed by atoms with Crippen molar-refractivity contribution in [2.24, 2.45) is 0 Å². The molecule has 0 aliphatic carbocycles. The molecule has 1 aliphatic rings. The number of benzene rings is 1. The van der Waals surface area contributed by atoms with E-state index in [2.05, 4.69) is 4.98 Å². The van der Waals surface area contributed by atoms with E-state index in [9.17, 15) is 9.59 Å². The lowest BCUT2D eigenvalue weighted by Gasteiger charge is -2.18. The Morgan fingerprint density at radius 1 is 1.18 bits per heavy atom. The van der Waals surface area contributed by atoms with Crippen LogP contribution in [-0.4, -0.2) is 28.5 Å². The van der Waals surface area contributed by atoms with Crippen LogP contribution in [0, 0.1) is 0 Å². The SMILES string of the molecule is O=C(/C=C/c1ccncc1)N1C(=O)OC[C@@H]1c1ccccc1. The summed E-state index contributed by atoms with van der Waals surface area (Å²) in [4.78, 5) is 29.2. The molecule has 1 aromatic heterocycles. The van der Waals surface area contributed by atoms with Gasteiger partial charge in [0.25, 0.3) is 5.91 Å². The quantitative estimate of drug-likeness (QED) is 0.817. The molecular weight excluding hydrogens is 280 g/mol. The van der Waals surface area contributed by atoms with Gasteiger partial charge in [-0.25, -0.2) is 9.69 Å². The van der Waals surface area contributed by atoms with Crippen molar-refractivity contribution >= 4 is 18.1 Å². The molecule has 0 spiro atoms. The molecule has 1 aromatic carbocycles. The van der Waals surface area contributed by atoms with E-state index < -0.39 is 12.0 Å². The van der Waals surface area contributed by atoms with Crippen LogP contribution in [0.2, 0.25) is 0 Å². The molecule has 3 rings (SSSR count). The fourth-order valence-electron chi connectivity index (χ4n) is 2.31. The Morgan fingerprint density at radius 3 is 2.64 bits per heavy atom. The van der Waals surface area contributed by atoms with Crippen LogP contribution in [0.1, 0.15) is 17.2 Å². The molecule has 5 heteroatoms. The molecule has 5 nitrogen and oxygen atoms in total. The van der Waals surface area contributed by atoms with Crippen molar-refractivity contribution in [3.05, 3.63) is 72.1 Å². The van der Waals surface area contributed by atoms with E-state index >= 15 is 0 Å². The monoisotopic (exact) mass is 294 g/mol. The fraction of sp³-hybridized carbons (Fsp3) is 0.118. The van der Waals surface area contributed by atoms with Crippen LogP contribution in [0.3, 0.4) is 0 Å². The second-order valence-electron chi connectivity index (χ2n) is 4.83. The van der Waals surface area contributed by atoms with Crippen molar-refractivity contribution in [2.45, 2.75) is 6.04 Å². The minimum absolute atomic E-state index is 0.178. The van der Waals surface area contributed by atoms with Crippen molar-refractivity contribution < 1.29 is 14.3 Å². The van der Waals surface area contributed by atoms with E-state index in [0.29, 0.717) is 0 Å². The van der Waals surface area contributed by atoms with Crippen LogP contribution in [0.4, 0.5) is 4.79 Å². The van der Waals surface area contributed by atoms with Crippen LogP contribution in [-0.2, 0) is 9.53 Å². The Labute approximate surface area is 127 Å². The Morgan fingerprint density at radius 2 is 1.91 bits per heavy atom. The number of hydrogen-bond donors (Lipinski definition) is 0. The zero-order chi connectivity index (χ0) is 15.4. The van der Waals surface area contributed by atoms with Crippen molar-refractivity contribution in [3.8, 4) is 0 Å². The highest BCUT2D eigenvalue weighted by molar-refractivity contribution is 6.02. The molecule has 1 saturated heterocycles. The summed E-state index contributed by atoms with van der Waals surface area (Å²) in [5, 5.41) is 0. The maximum absolute atomic E-state index is 12.3. The predicted molar refractivity (Wildman–Crippen MR) is 80.6 cm³/mol. The van der Waals surface area contributed by atoms with Crippen LogP contribution < -0.4 is 0 Å². The number of nitrogens with zero attached hydrogens (tertiary/aromatic N) is 2. The lowest BCUT2D eigenvalue weighted by Crippen LogP contribution is -2.32. The third-order valence-corrected chi connectivity index (χ3v) is 3.42. The van der Waals surface area contributed by atoms with E-state index in [1.807, 2.05) is 30.3 Å². The summed E-state index contributed by atoms with van der Waals surface area (Å²) in [7, 11) is 0. The van der Waals surface area contributed by atoms with Crippen molar-refractivity contribution in [3.63, 3.8) is 0 Å². The molecule has 22 heavy (non-hydrogen) atoms. The lowest BCUT2D eigenvalue weighted by atomic mass is 10.1. The molecule has 0 radical (unpaired) electrons. The molecule has 110 valence electrons. The van der Waals surface area contributed by atoms with E-state index in [1.54, 1.807) is 30.6 Å². The number of pyridine rings is 1. The smallest absolute Gasteiger partial charge is 0.417 e. The number of aromatic nitrogens is 1. The van der Waals surface area contributed by atoms with Crippen molar-refractivity contribution in [1.82, 2.24) is 9.88 Å². The number of carbonyl (C=O) groups excluding carboxylic acids is 2. The third-order valence-electron chi connectivity index (χ3n) is 3.42. The summed E-state index contributed by atoms with van der Waals surface area (Å²) in [5.74, 6) is -0.395. The number of cyclic esters (lactones) is 1. The normalized spacial score (nSPS) is 17.7. The summed E-state index contributed by atoms with van der Waals surface area (Å²) in [6.45, 7) is 0.178. The number of ether oxygens (including phenoxy) is 1. The number of imide groups is 1. The van der Waals surface area contributed by atoms with Gasteiger partial charge in [-0.1, -0.05) is 30.3 Å². The highest BCUT2D eigenvalue weighted by Crippen LogP contribution is 2.27. The molecule has 0 saturated carbocycles. The van der Waals surface area contributed by atoms with Gasteiger partial charge in [0.05, 0.1) is 0 Å². The zero-order valence-electron chi connectivity index (χ0n) is 11.8. The van der Waals surface area contributed by atoms with Gasteiger partial charge in [0.2, 0.25) is 0 Å². The van der Waals surface area contributed by atoms with Crippen molar-refractivity contribution in [1.29, 1.82) is 0 Å². The topological polar surface area (TPSA) is 59.5 Å². The van der Waals surface area contributed by atoms with E-state index in [4.69, 9.17) is 4.74 Å². The first kappa shape index (κ1) is 14.0. The molecule has 1 aliphatic heterocycles.